The number of anilines is 1. The minimum atomic E-state index is -0.199. The fraction of sp³-hybridized carbons (Fsp3) is 0.200. The smallest absolute Gasteiger partial charge is 0.274 e. The molecular formula is C20H21ClN4O2. The highest BCUT2D eigenvalue weighted by atomic mass is 35.5. The quantitative estimate of drug-likeness (QED) is 0.724. The molecule has 1 aliphatic rings. The van der Waals surface area contributed by atoms with E-state index in [1.165, 1.54) is 0 Å². The molecule has 0 saturated carbocycles. The van der Waals surface area contributed by atoms with Crippen molar-refractivity contribution in [2.24, 2.45) is 0 Å². The number of para-hydroxylation sites is 1. The first kappa shape index (κ1) is 19.1. The molecule has 1 aromatic heterocycles. The van der Waals surface area contributed by atoms with Crippen molar-refractivity contribution in [2.75, 3.05) is 25.0 Å². The normalized spacial score (nSPS) is 16.4. The van der Waals surface area contributed by atoms with Crippen LogP contribution in [0.3, 0.4) is 0 Å². The van der Waals surface area contributed by atoms with Crippen molar-refractivity contribution in [2.45, 2.75) is 6.10 Å². The van der Waals surface area contributed by atoms with E-state index in [9.17, 15) is 4.79 Å². The number of amides is 1. The van der Waals surface area contributed by atoms with Crippen LogP contribution < -0.4 is 10.6 Å². The lowest BCUT2D eigenvalue weighted by Gasteiger charge is -2.24. The minimum Gasteiger partial charge on any atom is -0.371 e. The topological polar surface area (TPSA) is 68.2 Å². The maximum atomic E-state index is 12.6. The largest absolute Gasteiger partial charge is 0.371 e. The Bertz CT molecular complexity index is 875. The van der Waals surface area contributed by atoms with Crippen LogP contribution >= 0.6 is 12.4 Å². The van der Waals surface area contributed by atoms with Crippen LogP contribution in [0.25, 0.3) is 5.69 Å². The van der Waals surface area contributed by atoms with Gasteiger partial charge in [-0.05, 0) is 35.9 Å². The molecule has 3 aromatic rings. The van der Waals surface area contributed by atoms with Gasteiger partial charge in [-0.15, -0.1) is 12.4 Å². The molecule has 0 bridgehead atoms. The Morgan fingerprint density at radius 2 is 1.89 bits per heavy atom. The number of carbonyl (C=O) groups excluding carboxylic acids is 1. The van der Waals surface area contributed by atoms with E-state index in [1.807, 2.05) is 54.6 Å². The number of morpholine rings is 1. The molecule has 1 saturated heterocycles. The molecule has 4 rings (SSSR count). The summed E-state index contributed by atoms with van der Waals surface area (Å²) in [6.45, 7) is 2.41. The van der Waals surface area contributed by atoms with Gasteiger partial charge in [0, 0.05) is 18.8 Å². The molecule has 0 radical (unpaired) electrons. The lowest BCUT2D eigenvalue weighted by molar-refractivity contribution is 0.0277. The van der Waals surface area contributed by atoms with E-state index in [1.54, 1.807) is 16.9 Å². The number of halogens is 1. The first-order valence-electron chi connectivity index (χ1n) is 8.64. The van der Waals surface area contributed by atoms with Gasteiger partial charge in [-0.3, -0.25) is 4.79 Å². The third-order valence-electron chi connectivity index (χ3n) is 4.34. The SMILES string of the molecule is Cl.O=C(Nc1ccc([C@H]2CNCCO2)cc1)c1ccnn1-c1ccccc1. The van der Waals surface area contributed by atoms with Gasteiger partial charge in [0.15, 0.2) is 0 Å². The van der Waals surface area contributed by atoms with E-state index < -0.39 is 0 Å². The summed E-state index contributed by atoms with van der Waals surface area (Å²) in [5, 5.41) is 10.5. The number of nitrogens with one attached hydrogen (secondary N) is 2. The van der Waals surface area contributed by atoms with Crippen molar-refractivity contribution in [3.63, 3.8) is 0 Å². The Morgan fingerprint density at radius 3 is 2.59 bits per heavy atom. The van der Waals surface area contributed by atoms with Crippen LogP contribution in [0.5, 0.6) is 0 Å². The van der Waals surface area contributed by atoms with Crippen LogP contribution in [0.2, 0.25) is 0 Å². The van der Waals surface area contributed by atoms with E-state index >= 15 is 0 Å². The highest BCUT2D eigenvalue weighted by Gasteiger charge is 2.16. The molecule has 140 valence electrons. The average Bonchev–Trinajstić information content (AvgIpc) is 3.20. The summed E-state index contributed by atoms with van der Waals surface area (Å²) >= 11 is 0. The number of aromatic nitrogens is 2. The first-order valence-corrected chi connectivity index (χ1v) is 8.64. The molecule has 2 N–H and O–H groups in total. The van der Waals surface area contributed by atoms with Gasteiger partial charge in [0.25, 0.3) is 5.91 Å². The fourth-order valence-electron chi connectivity index (χ4n) is 3.01. The van der Waals surface area contributed by atoms with Gasteiger partial charge in [0.05, 0.1) is 24.6 Å². The van der Waals surface area contributed by atoms with Crippen LogP contribution in [0, 0.1) is 0 Å². The molecule has 6 nitrogen and oxygen atoms in total. The van der Waals surface area contributed by atoms with Crippen LogP contribution in [-0.2, 0) is 4.74 Å². The second-order valence-electron chi connectivity index (χ2n) is 6.10. The maximum Gasteiger partial charge on any atom is 0.274 e. The predicted octanol–water partition coefficient (Wildman–Crippen LogP) is 3.21. The highest BCUT2D eigenvalue weighted by molar-refractivity contribution is 6.03. The van der Waals surface area contributed by atoms with Crippen LogP contribution in [0.1, 0.15) is 22.2 Å². The molecule has 7 heteroatoms. The molecule has 2 heterocycles. The van der Waals surface area contributed by atoms with E-state index in [-0.39, 0.29) is 24.4 Å². The second kappa shape index (κ2) is 8.81. The van der Waals surface area contributed by atoms with Crippen LogP contribution in [-0.4, -0.2) is 35.4 Å². The van der Waals surface area contributed by atoms with E-state index in [0.29, 0.717) is 12.3 Å². The van der Waals surface area contributed by atoms with Gasteiger partial charge in [-0.25, -0.2) is 4.68 Å². The Labute approximate surface area is 163 Å². The summed E-state index contributed by atoms with van der Waals surface area (Å²) < 4.78 is 7.38. The fourth-order valence-corrected chi connectivity index (χ4v) is 3.01. The lowest BCUT2D eigenvalue weighted by Crippen LogP contribution is -2.33. The second-order valence-corrected chi connectivity index (χ2v) is 6.10. The van der Waals surface area contributed by atoms with Crippen molar-refractivity contribution in [1.29, 1.82) is 0 Å². The van der Waals surface area contributed by atoms with Crippen molar-refractivity contribution < 1.29 is 9.53 Å². The number of carbonyl (C=O) groups is 1. The van der Waals surface area contributed by atoms with E-state index in [0.717, 1.165) is 30.0 Å². The van der Waals surface area contributed by atoms with E-state index in [4.69, 9.17) is 4.74 Å². The number of nitrogens with zero attached hydrogens (tertiary/aromatic N) is 2. The third-order valence-corrected chi connectivity index (χ3v) is 4.34. The molecule has 27 heavy (non-hydrogen) atoms. The summed E-state index contributed by atoms with van der Waals surface area (Å²) in [6.07, 6.45) is 1.69. The molecular weight excluding hydrogens is 364 g/mol. The number of rotatable bonds is 4. The molecule has 1 aliphatic heterocycles. The molecule has 1 amide bonds. The monoisotopic (exact) mass is 384 g/mol. The van der Waals surface area contributed by atoms with Gasteiger partial charge in [0.1, 0.15) is 5.69 Å². The predicted molar refractivity (Wildman–Crippen MR) is 107 cm³/mol. The van der Waals surface area contributed by atoms with E-state index in [2.05, 4.69) is 15.7 Å². The van der Waals surface area contributed by atoms with Gasteiger partial charge in [0.2, 0.25) is 0 Å². The first-order chi connectivity index (χ1) is 12.8. The summed E-state index contributed by atoms with van der Waals surface area (Å²) in [5.41, 5.74) is 3.17. The summed E-state index contributed by atoms with van der Waals surface area (Å²) in [6, 6.07) is 19.1. The van der Waals surface area contributed by atoms with Crippen molar-refractivity contribution in [3.05, 3.63) is 78.1 Å². The van der Waals surface area contributed by atoms with Crippen LogP contribution in [0.15, 0.2) is 66.9 Å². The summed E-state index contributed by atoms with van der Waals surface area (Å²) in [7, 11) is 0. The zero-order valence-corrected chi connectivity index (χ0v) is 15.5. The molecule has 0 unspecified atom stereocenters. The zero-order valence-electron chi connectivity index (χ0n) is 14.7. The molecule has 2 aromatic carbocycles. The van der Waals surface area contributed by atoms with Gasteiger partial charge >= 0.3 is 0 Å². The molecule has 1 atom stereocenters. The average molecular weight is 385 g/mol. The Balaban J connectivity index is 0.00000210. The van der Waals surface area contributed by atoms with Crippen molar-refractivity contribution >= 4 is 24.0 Å². The summed E-state index contributed by atoms with van der Waals surface area (Å²) in [5.74, 6) is -0.199. The zero-order chi connectivity index (χ0) is 17.8. The standard InChI is InChI=1S/C20H20N4O2.ClH/c25-20(18-10-11-22-24(18)17-4-2-1-3-5-17)23-16-8-6-15(7-9-16)19-14-21-12-13-26-19;/h1-11,19,21H,12-14H2,(H,23,25);1H/t19-;/m1./s1. The number of hydrogen-bond donors (Lipinski definition) is 2. The Kier molecular flexibility index (Phi) is 6.24. The van der Waals surface area contributed by atoms with Crippen LogP contribution in [0.4, 0.5) is 5.69 Å². The lowest BCUT2D eigenvalue weighted by atomic mass is 10.1. The highest BCUT2D eigenvalue weighted by Crippen LogP contribution is 2.21. The molecule has 1 fully saturated rings. The third kappa shape index (κ3) is 4.36. The molecule has 0 spiro atoms. The van der Waals surface area contributed by atoms with Crippen molar-refractivity contribution in [3.8, 4) is 5.69 Å². The minimum absolute atomic E-state index is 0. The maximum absolute atomic E-state index is 12.6. The number of hydrogen-bond acceptors (Lipinski definition) is 4. The Morgan fingerprint density at radius 1 is 1.11 bits per heavy atom. The van der Waals surface area contributed by atoms with Gasteiger partial charge in [-0.2, -0.15) is 5.10 Å². The summed E-state index contributed by atoms with van der Waals surface area (Å²) in [4.78, 5) is 12.6. The van der Waals surface area contributed by atoms with Crippen molar-refractivity contribution in [1.82, 2.24) is 15.1 Å². The Hall–Kier alpha value is -2.67. The number of benzene rings is 2. The van der Waals surface area contributed by atoms with Gasteiger partial charge < -0.3 is 15.4 Å². The van der Waals surface area contributed by atoms with Gasteiger partial charge in [-0.1, -0.05) is 30.3 Å². The number of ether oxygens (including phenoxy) is 1. The molecule has 0 aliphatic carbocycles.